The summed E-state index contributed by atoms with van der Waals surface area (Å²) in [5.41, 5.74) is 2.04. The van der Waals surface area contributed by atoms with Crippen LogP contribution in [0.2, 0.25) is 5.02 Å². The van der Waals surface area contributed by atoms with Crippen molar-refractivity contribution in [2.75, 3.05) is 11.9 Å². The molecule has 0 bridgehead atoms. The summed E-state index contributed by atoms with van der Waals surface area (Å²) in [5, 5.41) is 19.1. The van der Waals surface area contributed by atoms with E-state index in [1.165, 1.54) is 11.0 Å². The van der Waals surface area contributed by atoms with Crippen LogP contribution in [-0.4, -0.2) is 27.2 Å². The summed E-state index contributed by atoms with van der Waals surface area (Å²) in [6, 6.07) is 4.91. The summed E-state index contributed by atoms with van der Waals surface area (Å²) >= 11 is 6.27. The molecule has 7 nitrogen and oxygen atoms in total. The lowest BCUT2D eigenvalue weighted by atomic mass is 10.1. The maximum absolute atomic E-state index is 11.9. The van der Waals surface area contributed by atoms with Gasteiger partial charge in [0, 0.05) is 11.3 Å². The van der Waals surface area contributed by atoms with Crippen molar-refractivity contribution in [1.29, 1.82) is 5.26 Å². The van der Waals surface area contributed by atoms with E-state index in [1.54, 1.807) is 12.1 Å². The van der Waals surface area contributed by atoms with Gasteiger partial charge in [0.1, 0.15) is 18.4 Å². The van der Waals surface area contributed by atoms with Gasteiger partial charge in [-0.15, -0.1) is 5.10 Å². The van der Waals surface area contributed by atoms with Gasteiger partial charge in [-0.25, -0.2) is 9.67 Å². The average Bonchev–Trinajstić information content (AvgIpc) is 3.05. The summed E-state index contributed by atoms with van der Waals surface area (Å²) in [5.74, 6) is -0.0579. The fraction of sp³-hybridized carbons (Fsp3) is 0.231. The zero-order valence-corrected chi connectivity index (χ0v) is 11.8. The first-order valence-corrected chi connectivity index (χ1v) is 6.71. The van der Waals surface area contributed by atoms with E-state index >= 15 is 0 Å². The maximum atomic E-state index is 11.9. The van der Waals surface area contributed by atoms with Crippen LogP contribution in [0.15, 0.2) is 18.5 Å². The summed E-state index contributed by atoms with van der Waals surface area (Å²) in [6.07, 6.45) is 1.41. The first-order valence-electron chi connectivity index (χ1n) is 6.34. The van der Waals surface area contributed by atoms with Crippen molar-refractivity contribution in [3.63, 3.8) is 0 Å². The van der Waals surface area contributed by atoms with Crippen LogP contribution in [0.4, 0.5) is 5.69 Å². The van der Waals surface area contributed by atoms with Crippen LogP contribution in [0, 0.1) is 11.3 Å². The van der Waals surface area contributed by atoms with Gasteiger partial charge in [0.25, 0.3) is 5.82 Å². The summed E-state index contributed by atoms with van der Waals surface area (Å²) < 4.78 is 1.41. The maximum Gasteiger partial charge on any atom is 0.252 e. The number of anilines is 1. The molecule has 0 fully saturated rings. The number of likely N-dealkylation sites (N-methyl/N-ethyl adjacent to an activating group) is 1. The Bertz CT molecular complexity index is 763. The highest BCUT2D eigenvalue weighted by Gasteiger charge is 2.31. The number of carbonyl (C=O) groups excluding carboxylic acids is 1. The van der Waals surface area contributed by atoms with Crippen molar-refractivity contribution >= 4 is 23.2 Å². The minimum Gasteiger partial charge on any atom is -0.324 e. The lowest BCUT2D eigenvalue weighted by Gasteiger charge is -2.11. The minimum atomic E-state index is -0.401. The number of nitrogens with zero attached hydrogens (tertiary/aromatic N) is 4. The topological polar surface area (TPSA) is 95.6 Å². The van der Waals surface area contributed by atoms with E-state index in [0.717, 1.165) is 5.56 Å². The second-order valence-electron chi connectivity index (χ2n) is 4.50. The Kier molecular flexibility index (Phi) is 3.33. The Hall–Kier alpha value is -2.43. The van der Waals surface area contributed by atoms with E-state index in [1.807, 2.05) is 13.0 Å². The Labute approximate surface area is 125 Å². The Morgan fingerprint density at radius 2 is 2.38 bits per heavy atom. The van der Waals surface area contributed by atoms with Crippen LogP contribution in [0.5, 0.6) is 0 Å². The lowest BCUT2D eigenvalue weighted by molar-refractivity contribution is -0.117. The molecule has 1 aromatic heterocycles. The highest BCUT2D eigenvalue weighted by Crippen LogP contribution is 2.36. The second kappa shape index (κ2) is 5.16. The molecule has 2 heterocycles. The molecule has 1 aliphatic heterocycles. The number of nitrogens with one attached hydrogen (secondary N) is 2. The largest absolute Gasteiger partial charge is 0.324 e. The minimum absolute atomic E-state index is 0.0566. The molecule has 1 aromatic carbocycles. The van der Waals surface area contributed by atoms with E-state index in [0.29, 0.717) is 22.9 Å². The van der Waals surface area contributed by atoms with Crippen molar-refractivity contribution in [3.05, 3.63) is 34.9 Å². The van der Waals surface area contributed by atoms with Gasteiger partial charge < -0.3 is 10.6 Å². The molecule has 0 saturated heterocycles. The van der Waals surface area contributed by atoms with Crippen molar-refractivity contribution in [1.82, 2.24) is 20.1 Å². The van der Waals surface area contributed by atoms with Gasteiger partial charge in [-0.1, -0.05) is 18.5 Å². The van der Waals surface area contributed by atoms with Crippen LogP contribution in [0.1, 0.15) is 24.4 Å². The monoisotopic (exact) mass is 302 g/mol. The van der Waals surface area contributed by atoms with E-state index in [4.69, 9.17) is 16.9 Å². The van der Waals surface area contributed by atoms with Crippen molar-refractivity contribution < 1.29 is 4.79 Å². The zero-order chi connectivity index (χ0) is 15.0. The Morgan fingerprint density at radius 3 is 3.05 bits per heavy atom. The number of carbonyl (C=O) groups is 1. The van der Waals surface area contributed by atoms with Crippen LogP contribution in [0.25, 0.3) is 5.69 Å². The number of amides is 1. The number of hydrogen-bond acceptors (Lipinski definition) is 5. The van der Waals surface area contributed by atoms with Gasteiger partial charge in [0.05, 0.1) is 10.7 Å². The molecule has 1 atom stereocenters. The molecule has 1 amide bonds. The molecule has 0 spiro atoms. The predicted octanol–water partition coefficient (Wildman–Crippen LogP) is 1.40. The van der Waals surface area contributed by atoms with Crippen molar-refractivity contribution in [2.45, 2.75) is 13.0 Å². The third kappa shape index (κ3) is 2.24. The second-order valence-corrected chi connectivity index (χ2v) is 4.90. The van der Waals surface area contributed by atoms with E-state index < -0.39 is 6.04 Å². The predicted molar refractivity (Wildman–Crippen MR) is 76.1 cm³/mol. The summed E-state index contributed by atoms with van der Waals surface area (Å²) in [7, 11) is 0. The molecule has 0 aliphatic carbocycles. The van der Waals surface area contributed by atoms with Crippen molar-refractivity contribution in [3.8, 4) is 11.8 Å². The first kappa shape index (κ1) is 13.5. The van der Waals surface area contributed by atoms with Gasteiger partial charge in [-0.2, -0.15) is 5.26 Å². The molecule has 2 aromatic rings. The zero-order valence-electron chi connectivity index (χ0n) is 11.1. The van der Waals surface area contributed by atoms with Gasteiger partial charge in [0.15, 0.2) is 0 Å². The van der Waals surface area contributed by atoms with Gasteiger partial charge >= 0.3 is 0 Å². The Balaban J connectivity index is 2.05. The average molecular weight is 303 g/mol. The molecule has 2 N–H and O–H groups in total. The highest BCUT2D eigenvalue weighted by molar-refractivity contribution is 6.32. The molecule has 21 heavy (non-hydrogen) atoms. The molecule has 8 heteroatoms. The van der Waals surface area contributed by atoms with Crippen LogP contribution in [-0.2, 0) is 4.79 Å². The normalized spacial score (nSPS) is 16.4. The molecule has 0 radical (unpaired) electrons. The highest BCUT2D eigenvalue weighted by atomic mass is 35.5. The van der Waals surface area contributed by atoms with Gasteiger partial charge in [-0.3, -0.25) is 4.79 Å². The molecule has 3 rings (SSSR count). The fourth-order valence-corrected chi connectivity index (χ4v) is 2.54. The number of benzene rings is 1. The van der Waals surface area contributed by atoms with E-state index in [-0.39, 0.29) is 11.7 Å². The fourth-order valence-electron chi connectivity index (χ4n) is 2.28. The standard InChI is InChI=1S/C13H11ClN6O/c1-2-16-12-7-3-8(14)10(4-9(7)18-13(12)21)20-6-17-11(5-15)19-20/h3-4,6,12,16H,2H2,1H3,(H,18,21). The van der Waals surface area contributed by atoms with Gasteiger partial charge in [0.2, 0.25) is 5.91 Å². The van der Waals surface area contributed by atoms with E-state index in [2.05, 4.69) is 20.7 Å². The molecule has 0 saturated carbocycles. The SMILES string of the molecule is CCNC1C(=O)Nc2cc(-n3cnc(C#N)n3)c(Cl)cc21. The number of halogens is 1. The number of fused-ring (bicyclic) bond motifs is 1. The number of rotatable bonds is 3. The quantitative estimate of drug-likeness (QED) is 0.893. The smallest absolute Gasteiger partial charge is 0.252 e. The number of nitriles is 1. The molecular formula is C13H11ClN6O. The molecule has 106 valence electrons. The number of aromatic nitrogens is 3. The molecule has 1 aliphatic rings. The number of hydrogen-bond donors (Lipinski definition) is 2. The molecule has 1 unspecified atom stereocenters. The third-order valence-electron chi connectivity index (χ3n) is 3.20. The summed E-state index contributed by atoms with van der Waals surface area (Å²) in [4.78, 5) is 15.8. The van der Waals surface area contributed by atoms with Gasteiger partial charge in [-0.05, 0) is 18.7 Å². The molecular weight excluding hydrogens is 292 g/mol. The Morgan fingerprint density at radius 1 is 1.57 bits per heavy atom. The summed E-state index contributed by atoms with van der Waals surface area (Å²) in [6.45, 7) is 2.60. The van der Waals surface area contributed by atoms with Crippen LogP contribution in [0.3, 0.4) is 0 Å². The van der Waals surface area contributed by atoms with Crippen LogP contribution < -0.4 is 10.6 Å². The van der Waals surface area contributed by atoms with Crippen LogP contribution >= 0.6 is 11.6 Å². The lowest BCUT2D eigenvalue weighted by Crippen LogP contribution is -2.27. The third-order valence-corrected chi connectivity index (χ3v) is 3.50. The first-order chi connectivity index (χ1) is 10.1. The van der Waals surface area contributed by atoms with Crippen molar-refractivity contribution in [2.24, 2.45) is 0 Å². The van der Waals surface area contributed by atoms with E-state index in [9.17, 15) is 4.79 Å².